The molecule has 6 aliphatic rings. The van der Waals surface area contributed by atoms with E-state index in [2.05, 4.69) is 68.1 Å². The van der Waals surface area contributed by atoms with Crippen molar-refractivity contribution in [3.8, 4) is 6.07 Å². The fourth-order valence-electron chi connectivity index (χ4n) is 10.7. The first-order valence-corrected chi connectivity index (χ1v) is 28.2. The molecular weight excluding hydrogens is 1260 g/mol. The average molecular weight is 1310 g/mol. The SMILES string of the molecule is CN1CC(F)Cn2nc3c(c2C1=O)CN(C(=O)Nc1ccc(F)c(Br)c1)CC3.CN1CC(F)Cn2nc3c(c2C1=O)CN(C(=O)Nc1ccc(F)c(C#N)c1)CC3.CN1CC(F)Cn2nc3c(c2C1=O)CN(C(=O)Nc1ccnc(Br)c1F)CC3. The molecule has 12 rings (SSSR count). The lowest BCUT2D eigenvalue weighted by molar-refractivity contribution is 0.0761. The van der Waals surface area contributed by atoms with E-state index in [1.807, 2.05) is 0 Å². The van der Waals surface area contributed by atoms with Gasteiger partial charge in [0.05, 0.1) is 91.7 Å². The number of urea groups is 3. The summed E-state index contributed by atoms with van der Waals surface area (Å²) < 4.78 is 87.6. The molecule has 6 aliphatic heterocycles. The molecule has 4 aromatic heterocycles. The second kappa shape index (κ2) is 24.6. The van der Waals surface area contributed by atoms with Gasteiger partial charge in [-0.3, -0.25) is 28.4 Å². The number of pyridine rings is 1. The lowest BCUT2D eigenvalue weighted by Crippen LogP contribution is -2.40. The van der Waals surface area contributed by atoms with Crippen LogP contribution in [0.5, 0.6) is 0 Å². The van der Waals surface area contributed by atoms with Crippen LogP contribution in [0.3, 0.4) is 0 Å². The molecular formula is C54H53Br2F6N17O6. The summed E-state index contributed by atoms with van der Waals surface area (Å²) in [6.07, 6.45) is -0.890. The lowest BCUT2D eigenvalue weighted by Gasteiger charge is -2.27. The van der Waals surface area contributed by atoms with Gasteiger partial charge in [0, 0.05) is 94.3 Å². The number of hydrogen-bond acceptors (Lipinski definition) is 11. The van der Waals surface area contributed by atoms with Crippen molar-refractivity contribution in [3.63, 3.8) is 0 Å². The van der Waals surface area contributed by atoms with Gasteiger partial charge in [-0.1, -0.05) is 0 Å². The number of halogens is 8. The lowest BCUT2D eigenvalue weighted by atomic mass is 10.0. The number of alkyl halides is 3. The highest BCUT2D eigenvalue weighted by atomic mass is 79.9. The number of anilines is 3. The minimum Gasteiger partial charge on any atom is -0.337 e. The molecule has 23 nitrogen and oxygen atoms in total. The Morgan fingerprint density at radius 1 is 0.565 bits per heavy atom. The summed E-state index contributed by atoms with van der Waals surface area (Å²) in [6, 6.07) is 9.74. The van der Waals surface area contributed by atoms with E-state index in [1.165, 1.54) is 81.1 Å². The molecule has 446 valence electrons. The Balaban J connectivity index is 0.000000142. The van der Waals surface area contributed by atoms with E-state index in [0.717, 1.165) is 11.8 Å². The zero-order valence-electron chi connectivity index (χ0n) is 45.7. The second-order valence-corrected chi connectivity index (χ2v) is 22.5. The number of nitrogens with one attached hydrogen (secondary N) is 3. The molecule has 31 heteroatoms. The van der Waals surface area contributed by atoms with Crippen LogP contribution in [0.1, 0.15) is 70.8 Å². The van der Waals surface area contributed by atoms with Gasteiger partial charge in [0.2, 0.25) is 0 Å². The molecule has 0 aliphatic carbocycles. The molecule has 3 N–H and O–H groups in total. The van der Waals surface area contributed by atoms with Gasteiger partial charge in [-0.05, 0) is 74.3 Å². The monoisotopic (exact) mass is 1310 g/mol. The third-order valence-corrected chi connectivity index (χ3v) is 16.1. The number of amides is 9. The average Bonchev–Trinajstić information content (AvgIpc) is 2.13. The Kier molecular flexibility index (Phi) is 17.2. The normalized spacial score (nSPS) is 18.9. The molecule has 2 aromatic carbocycles. The van der Waals surface area contributed by atoms with E-state index >= 15 is 0 Å². The first-order chi connectivity index (χ1) is 40.5. The van der Waals surface area contributed by atoms with Crippen molar-refractivity contribution in [3.05, 3.63) is 132 Å². The predicted molar refractivity (Wildman–Crippen MR) is 299 cm³/mol. The number of aromatic nitrogens is 7. The van der Waals surface area contributed by atoms with Crippen molar-refractivity contribution in [2.24, 2.45) is 0 Å². The van der Waals surface area contributed by atoms with Crippen LogP contribution in [-0.4, -0.2) is 178 Å². The number of hydrogen-bond donors (Lipinski definition) is 3. The topological polar surface area (TPSA) is 248 Å². The fraction of sp³-hybridized carbons (Fsp3) is 0.389. The van der Waals surface area contributed by atoms with E-state index in [9.17, 15) is 55.1 Å². The van der Waals surface area contributed by atoms with Crippen LogP contribution in [0.15, 0.2) is 57.7 Å². The van der Waals surface area contributed by atoms with Crippen LogP contribution in [0.2, 0.25) is 0 Å². The van der Waals surface area contributed by atoms with Crippen LogP contribution in [0.4, 0.5) is 57.8 Å². The molecule has 0 bridgehead atoms. The highest BCUT2D eigenvalue weighted by Crippen LogP contribution is 2.31. The van der Waals surface area contributed by atoms with Crippen molar-refractivity contribution in [2.75, 3.05) is 76.4 Å². The van der Waals surface area contributed by atoms with E-state index in [4.69, 9.17) is 5.26 Å². The largest absolute Gasteiger partial charge is 0.337 e. The molecule has 0 saturated carbocycles. The number of benzene rings is 2. The van der Waals surface area contributed by atoms with Gasteiger partial charge in [-0.2, -0.15) is 20.6 Å². The Morgan fingerprint density at radius 2 is 0.953 bits per heavy atom. The van der Waals surface area contributed by atoms with Crippen molar-refractivity contribution >= 4 is 84.7 Å². The summed E-state index contributed by atoms with van der Waals surface area (Å²) in [4.78, 5) is 88.3. The Morgan fingerprint density at radius 3 is 1.35 bits per heavy atom. The summed E-state index contributed by atoms with van der Waals surface area (Å²) in [5.74, 6) is -2.68. The van der Waals surface area contributed by atoms with Crippen molar-refractivity contribution < 1.29 is 55.1 Å². The quantitative estimate of drug-likeness (QED) is 0.121. The first kappa shape index (κ1) is 59.6. The molecule has 0 fully saturated rings. The Bertz CT molecular complexity index is 3720. The Labute approximate surface area is 497 Å². The maximum atomic E-state index is 14.1. The molecule has 9 amide bonds. The molecule has 0 saturated heterocycles. The maximum absolute atomic E-state index is 14.1. The number of fused-ring (bicyclic) bond motifs is 9. The summed E-state index contributed by atoms with van der Waals surface area (Å²) in [7, 11) is 4.64. The number of nitrogens with zero attached hydrogens (tertiary/aromatic N) is 14. The van der Waals surface area contributed by atoms with Gasteiger partial charge in [0.1, 0.15) is 57.9 Å². The maximum Gasteiger partial charge on any atom is 0.322 e. The minimum atomic E-state index is -1.21. The smallest absolute Gasteiger partial charge is 0.322 e. The van der Waals surface area contributed by atoms with Crippen LogP contribution in [0, 0.1) is 28.8 Å². The number of carbonyl (C=O) groups excluding carboxylic acids is 6. The van der Waals surface area contributed by atoms with Crippen molar-refractivity contribution in [1.29, 1.82) is 5.26 Å². The second-order valence-electron chi connectivity index (χ2n) is 20.9. The standard InChI is InChI=1S/C19H18F2N6O2.C18H18BrF2N5O2.C17H17BrF2N6O2/c1-25-8-12(20)9-27-17(18(25)28)14-10-26(5-4-16(14)24-27)19(29)23-13-2-3-15(21)11(6-13)7-22;1-24-7-10(20)8-26-16(17(24)27)12-9-25(5-4-15(12)23-26)18(28)22-11-2-3-14(21)13(19)6-11;1-24-6-9(19)7-26-14(16(24)27)10-8-25(5-3-11(10)23-26)17(28)22-12-2-4-21-15(18)13(12)20/h2-3,6,12H,4-5,8-10H2,1H3,(H,23,29);2-3,6,10H,4-5,7-9H2,1H3,(H,22,28);2,4,9H,3,5-8H2,1H3,(H,21,22,28). The Hall–Kier alpha value is -8.53. The molecule has 0 radical (unpaired) electrons. The van der Waals surface area contributed by atoms with Gasteiger partial charge < -0.3 is 45.3 Å². The van der Waals surface area contributed by atoms with Crippen molar-refractivity contribution in [1.82, 2.24) is 63.7 Å². The van der Waals surface area contributed by atoms with E-state index in [-0.39, 0.29) is 103 Å². The van der Waals surface area contributed by atoms with E-state index < -0.39 is 48.0 Å². The molecule has 10 heterocycles. The van der Waals surface area contributed by atoms with Gasteiger partial charge in [-0.25, -0.2) is 45.7 Å². The van der Waals surface area contributed by atoms with Crippen LogP contribution < -0.4 is 16.0 Å². The van der Waals surface area contributed by atoms with Gasteiger partial charge >= 0.3 is 18.1 Å². The first-order valence-electron chi connectivity index (χ1n) is 26.6. The summed E-state index contributed by atoms with van der Waals surface area (Å²) in [6.45, 7) is 1.66. The summed E-state index contributed by atoms with van der Waals surface area (Å²) in [5.41, 5.74) is 5.55. The number of nitriles is 1. The highest BCUT2D eigenvalue weighted by molar-refractivity contribution is 9.10. The minimum absolute atomic E-state index is 0.000856. The molecule has 0 spiro atoms. The number of rotatable bonds is 3. The van der Waals surface area contributed by atoms with E-state index in [0.29, 0.717) is 95.4 Å². The highest BCUT2D eigenvalue weighted by Gasteiger charge is 2.38. The zero-order valence-corrected chi connectivity index (χ0v) is 48.9. The fourth-order valence-corrected chi connectivity index (χ4v) is 11.4. The van der Waals surface area contributed by atoms with Gasteiger partial charge in [0.15, 0.2) is 5.82 Å². The summed E-state index contributed by atoms with van der Waals surface area (Å²) in [5, 5.41) is 30.0. The van der Waals surface area contributed by atoms with Crippen LogP contribution >= 0.6 is 31.9 Å². The molecule has 85 heavy (non-hydrogen) atoms. The molecule has 3 unspecified atom stereocenters. The summed E-state index contributed by atoms with van der Waals surface area (Å²) >= 11 is 6.07. The van der Waals surface area contributed by atoms with Gasteiger partial charge in [-0.15, -0.1) is 0 Å². The zero-order chi connectivity index (χ0) is 60.7. The van der Waals surface area contributed by atoms with Crippen LogP contribution in [-0.2, 0) is 58.5 Å². The van der Waals surface area contributed by atoms with Crippen molar-refractivity contribution in [2.45, 2.75) is 77.0 Å². The van der Waals surface area contributed by atoms with Crippen LogP contribution in [0.25, 0.3) is 0 Å². The third-order valence-electron chi connectivity index (χ3n) is 14.9. The molecule has 6 aromatic rings. The predicted octanol–water partition coefficient (Wildman–Crippen LogP) is 6.90. The number of carbonyl (C=O) groups is 6. The van der Waals surface area contributed by atoms with Gasteiger partial charge in [0.25, 0.3) is 17.7 Å². The van der Waals surface area contributed by atoms with E-state index in [1.54, 1.807) is 32.1 Å². The molecule has 3 atom stereocenters. The third kappa shape index (κ3) is 12.5.